The number of benzene rings is 2. The van der Waals surface area contributed by atoms with Gasteiger partial charge in [0.05, 0.1) is 17.7 Å². The van der Waals surface area contributed by atoms with E-state index in [0.717, 1.165) is 5.69 Å². The van der Waals surface area contributed by atoms with Crippen LogP contribution in [-0.4, -0.2) is 34.5 Å². The van der Waals surface area contributed by atoms with Crippen molar-refractivity contribution in [3.05, 3.63) is 59.0 Å². The van der Waals surface area contributed by atoms with E-state index in [4.69, 9.17) is 26.8 Å². The number of carboxylic acid groups (broad SMARTS) is 1. The predicted molar refractivity (Wildman–Crippen MR) is 113 cm³/mol. The summed E-state index contributed by atoms with van der Waals surface area (Å²) in [6.07, 6.45) is 0.705. The molecule has 1 N–H and O–H groups in total. The number of para-hydroxylation sites is 1. The van der Waals surface area contributed by atoms with Crippen molar-refractivity contribution in [2.45, 2.75) is 13.0 Å². The smallest absolute Gasteiger partial charge is 0.344 e. The first-order valence-corrected chi connectivity index (χ1v) is 9.53. The van der Waals surface area contributed by atoms with Gasteiger partial charge in [-0.25, -0.2) is 4.79 Å². The van der Waals surface area contributed by atoms with Crippen LogP contribution in [0.3, 0.4) is 0 Å². The van der Waals surface area contributed by atoms with E-state index in [1.54, 1.807) is 24.3 Å². The number of carboxylic acids is 1. The number of thiocarbonyl (C=S) groups is 1. The summed E-state index contributed by atoms with van der Waals surface area (Å²) in [7, 11) is 1.46. The Morgan fingerprint density at radius 2 is 1.93 bits per heavy atom. The molecule has 2 aromatic rings. The minimum atomic E-state index is -1.07. The highest BCUT2D eigenvalue weighted by Gasteiger charge is 2.33. The molecule has 3 rings (SSSR count). The van der Waals surface area contributed by atoms with Crippen molar-refractivity contribution in [2.75, 3.05) is 12.0 Å². The maximum absolute atomic E-state index is 12.8. The normalized spacial score (nSPS) is 16.4. The number of anilines is 1. The van der Waals surface area contributed by atoms with E-state index >= 15 is 0 Å². The maximum Gasteiger partial charge on any atom is 0.344 e. The second-order valence-corrected chi connectivity index (χ2v) is 7.54. The molecule has 1 aliphatic rings. The summed E-state index contributed by atoms with van der Waals surface area (Å²) >= 11 is 6.58. The number of thioether (sulfide) groups is 1. The molecular weight excluding hydrogens is 398 g/mol. The summed E-state index contributed by atoms with van der Waals surface area (Å²) in [6, 6.07) is 14.2. The third kappa shape index (κ3) is 4.18. The summed E-state index contributed by atoms with van der Waals surface area (Å²) in [5.74, 6) is -0.581. The molecule has 0 radical (unpaired) electrons. The van der Waals surface area contributed by atoms with Crippen LogP contribution in [0.15, 0.2) is 53.4 Å². The topological polar surface area (TPSA) is 76.1 Å². The van der Waals surface area contributed by atoms with Crippen LogP contribution in [0.2, 0.25) is 0 Å². The Bertz CT molecular complexity index is 958. The van der Waals surface area contributed by atoms with Gasteiger partial charge in [-0.2, -0.15) is 0 Å². The fraction of sp³-hybridized carbons (Fsp3) is 0.150. The van der Waals surface area contributed by atoms with Gasteiger partial charge in [0.1, 0.15) is 0 Å². The number of rotatable bonds is 6. The summed E-state index contributed by atoms with van der Waals surface area (Å²) in [4.78, 5) is 25.8. The number of hydrogen-bond acceptors (Lipinski definition) is 6. The monoisotopic (exact) mass is 415 g/mol. The van der Waals surface area contributed by atoms with Gasteiger partial charge in [0.15, 0.2) is 21.9 Å². The third-order valence-corrected chi connectivity index (χ3v) is 5.25. The molecule has 0 aromatic heterocycles. The molecule has 28 heavy (non-hydrogen) atoms. The number of carbonyl (C=O) groups is 2. The first kappa shape index (κ1) is 19.9. The number of hydrogen-bond donors (Lipinski definition) is 1. The molecule has 1 fully saturated rings. The Morgan fingerprint density at radius 1 is 1.21 bits per heavy atom. The van der Waals surface area contributed by atoms with Crippen LogP contribution in [0.25, 0.3) is 6.08 Å². The van der Waals surface area contributed by atoms with Crippen molar-refractivity contribution in [3.8, 4) is 11.5 Å². The number of methoxy groups -OCH3 is 1. The molecule has 0 saturated carbocycles. The average Bonchev–Trinajstić information content (AvgIpc) is 2.96. The van der Waals surface area contributed by atoms with E-state index in [2.05, 4.69) is 0 Å². The van der Waals surface area contributed by atoms with Crippen molar-refractivity contribution < 1.29 is 24.2 Å². The van der Waals surface area contributed by atoms with Gasteiger partial charge in [0.2, 0.25) is 0 Å². The van der Waals surface area contributed by atoms with Crippen LogP contribution in [0.4, 0.5) is 5.69 Å². The largest absolute Gasteiger partial charge is 0.493 e. The third-order valence-electron chi connectivity index (χ3n) is 3.95. The van der Waals surface area contributed by atoms with Crippen molar-refractivity contribution in [1.82, 2.24) is 0 Å². The highest BCUT2D eigenvalue weighted by Crippen LogP contribution is 2.37. The number of amides is 1. The van der Waals surface area contributed by atoms with Gasteiger partial charge in [-0.1, -0.05) is 48.2 Å². The fourth-order valence-electron chi connectivity index (χ4n) is 2.53. The average molecular weight is 415 g/mol. The van der Waals surface area contributed by atoms with Crippen LogP contribution in [0.1, 0.15) is 12.5 Å². The molecule has 1 amide bonds. The van der Waals surface area contributed by atoms with Crippen LogP contribution >= 0.6 is 24.0 Å². The van der Waals surface area contributed by atoms with E-state index < -0.39 is 12.1 Å². The van der Waals surface area contributed by atoms with Crippen molar-refractivity contribution >= 4 is 51.9 Å². The lowest BCUT2D eigenvalue weighted by Crippen LogP contribution is -2.27. The molecule has 1 heterocycles. The Kier molecular flexibility index (Phi) is 6.01. The van der Waals surface area contributed by atoms with Gasteiger partial charge in [-0.3, -0.25) is 9.69 Å². The van der Waals surface area contributed by atoms with Crippen LogP contribution in [0, 0.1) is 0 Å². The lowest BCUT2D eigenvalue weighted by molar-refractivity contribution is -0.144. The zero-order chi connectivity index (χ0) is 20.3. The van der Waals surface area contributed by atoms with E-state index in [-0.39, 0.29) is 5.91 Å². The number of aliphatic carboxylic acids is 1. The van der Waals surface area contributed by atoms with E-state index in [0.29, 0.717) is 26.3 Å². The van der Waals surface area contributed by atoms with Gasteiger partial charge in [-0.15, -0.1) is 0 Å². The summed E-state index contributed by atoms with van der Waals surface area (Å²) in [6.45, 7) is 1.44. The van der Waals surface area contributed by atoms with Gasteiger partial charge >= 0.3 is 5.97 Å². The molecule has 1 aliphatic heterocycles. The second-order valence-electron chi connectivity index (χ2n) is 5.86. The van der Waals surface area contributed by atoms with E-state index in [1.165, 1.54) is 30.7 Å². The standard InChI is InChI=1S/C20H17NO5S2/c1-12(19(23)24)26-15-9-8-13(10-16(15)25-2)11-17-18(22)21(20(27)28-17)14-6-4-3-5-7-14/h3-12H,1-2H3,(H,23,24)/b17-11+/t12-/m0/s1. The molecule has 0 unspecified atom stereocenters. The lowest BCUT2D eigenvalue weighted by Gasteiger charge is -2.14. The Balaban J connectivity index is 1.86. The van der Waals surface area contributed by atoms with Crippen LogP contribution < -0.4 is 14.4 Å². The van der Waals surface area contributed by atoms with Crippen molar-refractivity contribution in [1.29, 1.82) is 0 Å². The van der Waals surface area contributed by atoms with Gasteiger partial charge < -0.3 is 14.6 Å². The summed E-state index contributed by atoms with van der Waals surface area (Å²) in [5.41, 5.74) is 1.43. The predicted octanol–water partition coefficient (Wildman–Crippen LogP) is 3.95. The first-order chi connectivity index (χ1) is 13.4. The lowest BCUT2D eigenvalue weighted by atomic mass is 10.1. The van der Waals surface area contributed by atoms with Crippen LogP contribution in [-0.2, 0) is 9.59 Å². The number of nitrogens with zero attached hydrogens (tertiary/aromatic N) is 1. The molecule has 8 heteroatoms. The Morgan fingerprint density at radius 3 is 2.57 bits per heavy atom. The second kappa shape index (κ2) is 8.45. The van der Waals surface area contributed by atoms with Gasteiger partial charge in [0.25, 0.3) is 5.91 Å². The van der Waals surface area contributed by atoms with Crippen molar-refractivity contribution in [2.24, 2.45) is 0 Å². The minimum absolute atomic E-state index is 0.194. The Labute approximate surface area is 171 Å². The maximum atomic E-state index is 12.8. The number of carbonyl (C=O) groups excluding carboxylic acids is 1. The summed E-state index contributed by atoms with van der Waals surface area (Å²) in [5, 5.41) is 8.99. The summed E-state index contributed by atoms with van der Waals surface area (Å²) < 4.78 is 11.1. The highest BCUT2D eigenvalue weighted by atomic mass is 32.2. The molecule has 0 bridgehead atoms. The van der Waals surface area contributed by atoms with Crippen LogP contribution in [0.5, 0.6) is 11.5 Å². The van der Waals surface area contributed by atoms with E-state index in [9.17, 15) is 9.59 Å². The highest BCUT2D eigenvalue weighted by molar-refractivity contribution is 8.27. The molecular formula is C20H17NO5S2. The fourth-order valence-corrected chi connectivity index (χ4v) is 3.83. The first-order valence-electron chi connectivity index (χ1n) is 8.31. The molecule has 1 saturated heterocycles. The molecule has 1 atom stereocenters. The minimum Gasteiger partial charge on any atom is -0.493 e. The molecule has 144 valence electrons. The molecule has 0 spiro atoms. The van der Waals surface area contributed by atoms with Gasteiger partial charge in [0, 0.05) is 0 Å². The van der Waals surface area contributed by atoms with Gasteiger partial charge in [-0.05, 0) is 42.8 Å². The molecule has 6 nitrogen and oxygen atoms in total. The van der Waals surface area contributed by atoms with Crippen molar-refractivity contribution in [3.63, 3.8) is 0 Å². The SMILES string of the molecule is COc1cc(/C=C2/SC(=S)N(c3ccccc3)C2=O)ccc1O[C@@H](C)C(=O)O. The Hall–Kier alpha value is -2.84. The zero-order valence-corrected chi connectivity index (χ0v) is 16.8. The quantitative estimate of drug-likeness (QED) is 0.565. The molecule has 0 aliphatic carbocycles. The molecule has 2 aromatic carbocycles. The zero-order valence-electron chi connectivity index (χ0n) is 15.1. The van der Waals surface area contributed by atoms with E-state index in [1.807, 2.05) is 30.3 Å². The number of ether oxygens (including phenoxy) is 2.